The zero-order valence-electron chi connectivity index (χ0n) is 8.53. The number of imidazole rings is 1. The fourth-order valence-electron chi connectivity index (χ4n) is 2.29. The van der Waals surface area contributed by atoms with Crippen molar-refractivity contribution < 1.29 is 9.90 Å². The van der Waals surface area contributed by atoms with Gasteiger partial charge in [-0.05, 0) is 12.3 Å². The molecule has 1 aliphatic rings. The minimum Gasteiger partial charge on any atom is -0.481 e. The van der Waals surface area contributed by atoms with E-state index in [0.29, 0.717) is 0 Å². The molecule has 0 amide bonds. The summed E-state index contributed by atoms with van der Waals surface area (Å²) in [5.41, 5.74) is 1.72. The number of carboxylic acid groups (broad SMARTS) is 1. The Morgan fingerprint density at radius 2 is 2.29 bits per heavy atom. The van der Waals surface area contributed by atoms with Gasteiger partial charge in [-0.25, -0.2) is 4.98 Å². The van der Waals surface area contributed by atoms with Crippen molar-refractivity contribution in [1.82, 2.24) is 9.97 Å². The van der Waals surface area contributed by atoms with Crippen LogP contribution in [0, 0.1) is 18.3 Å². The molecule has 1 saturated carbocycles. The third-order valence-electron chi connectivity index (χ3n) is 3.26. The summed E-state index contributed by atoms with van der Waals surface area (Å²) in [6.45, 7) is 5.88. The molecule has 0 bridgehead atoms. The fourth-order valence-corrected chi connectivity index (χ4v) is 2.29. The van der Waals surface area contributed by atoms with Crippen molar-refractivity contribution in [2.75, 3.05) is 0 Å². The number of rotatable bonds is 2. The van der Waals surface area contributed by atoms with E-state index in [1.807, 2.05) is 20.8 Å². The summed E-state index contributed by atoms with van der Waals surface area (Å²) in [6, 6.07) is 0. The van der Waals surface area contributed by atoms with E-state index in [1.165, 1.54) is 0 Å². The van der Waals surface area contributed by atoms with Crippen LogP contribution < -0.4 is 0 Å². The molecule has 1 heterocycles. The summed E-state index contributed by atoms with van der Waals surface area (Å²) in [5.74, 6) is -0.946. The Balaban J connectivity index is 2.32. The second kappa shape index (κ2) is 2.59. The number of nitrogens with zero attached hydrogens (tertiary/aromatic N) is 1. The quantitative estimate of drug-likeness (QED) is 0.750. The van der Waals surface area contributed by atoms with Crippen LogP contribution in [0.5, 0.6) is 0 Å². The summed E-state index contributed by atoms with van der Waals surface area (Å²) >= 11 is 0. The van der Waals surface area contributed by atoms with Crippen molar-refractivity contribution in [3.8, 4) is 0 Å². The third kappa shape index (κ3) is 1.06. The van der Waals surface area contributed by atoms with Gasteiger partial charge < -0.3 is 10.1 Å². The van der Waals surface area contributed by atoms with Crippen LogP contribution in [-0.4, -0.2) is 21.0 Å². The number of carboxylic acids is 1. The molecule has 2 rings (SSSR count). The molecule has 14 heavy (non-hydrogen) atoms. The van der Waals surface area contributed by atoms with E-state index < -0.39 is 5.97 Å². The molecule has 76 valence electrons. The number of hydrogen-bond acceptors (Lipinski definition) is 2. The summed E-state index contributed by atoms with van der Waals surface area (Å²) in [7, 11) is 0. The number of nitrogens with one attached hydrogen (secondary N) is 1. The average Bonchev–Trinajstić information content (AvgIpc) is 2.42. The number of carbonyl (C=O) groups is 1. The van der Waals surface area contributed by atoms with Gasteiger partial charge in [-0.1, -0.05) is 13.8 Å². The molecule has 1 aliphatic carbocycles. The van der Waals surface area contributed by atoms with Crippen LogP contribution >= 0.6 is 0 Å². The van der Waals surface area contributed by atoms with Crippen molar-refractivity contribution in [1.29, 1.82) is 0 Å². The lowest BCUT2D eigenvalue weighted by Gasteiger charge is -1.99. The van der Waals surface area contributed by atoms with Crippen LogP contribution in [0.25, 0.3) is 0 Å². The van der Waals surface area contributed by atoms with Gasteiger partial charge in [0, 0.05) is 11.6 Å². The van der Waals surface area contributed by atoms with Gasteiger partial charge in [0.1, 0.15) is 0 Å². The first-order valence-electron chi connectivity index (χ1n) is 4.69. The Morgan fingerprint density at radius 3 is 2.64 bits per heavy atom. The van der Waals surface area contributed by atoms with E-state index in [9.17, 15) is 4.79 Å². The maximum absolute atomic E-state index is 11.0. The highest BCUT2D eigenvalue weighted by Crippen LogP contribution is 2.64. The first kappa shape index (κ1) is 9.24. The Hall–Kier alpha value is -1.32. The van der Waals surface area contributed by atoms with Gasteiger partial charge >= 0.3 is 5.97 Å². The molecule has 1 aromatic heterocycles. The lowest BCUT2D eigenvalue weighted by molar-refractivity contribution is -0.139. The van der Waals surface area contributed by atoms with Crippen LogP contribution in [0.15, 0.2) is 6.33 Å². The average molecular weight is 194 g/mol. The second-order valence-electron chi connectivity index (χ2n) is 4.53. The molecule has 4 nitrogen and oxygen atoms in total. The molecule has 1 fully saturated rings. The predicted octanol–water partition coefficient (Wildman–Crippen LogP) is 1.54. The number of H-pyrrole nitrogens is 1. The van der Waals surface area contributed by atoms with Gasteiger partial charge in [0.2, 0.25) is 0 Å². The molecule has 0 aromatic carbocycles. The smallest absolute Gasteiger partial charge is 0.307 e. The fraction of sp³-hybridized carbons (Fsp3) is 0.600. The number of aliphatic carboxylic acids is 1. The van der Waals surface area contributed by atoms with Gasteiger partial charge in [-0.2, -0.15) is 0 Å². The van der Waals surface area contributed by atoms with Crippen molar-refractivity contribution >= 4 is 5.97 Å². The molecule has 4 heteroatoms. The highest BCUT2D eigenvalue weighted by molar-refractivity contribution is 5.77. The van der Waals surface area contributed by atoms with Crippen LogP contribution in [0.3, 0.4) is 0 Å². The van der Waals surface area contributed by atoms with Gasteiger partial charge in [0.25, 0.3) is 0 Å². The zero-order chi connectivity index (χ0) is 10.5. The van der Waals surface area contributed by atoms with E-state index in [1.54, 1.807) is 6.33 Å². The largest absolute Gasteiger partial charge is 0.481 e. The molecular formula is C10H14N2O2. The lowest BCUT2D eigenvalue weighted by atomic mass is 10.1. The van der Waals surface area contributed by atoms with E-state index in [0.717, 1.165) is 11.4 Å². The highest BCUT2D eigenvalue weighted by atomic mass is 16.4. The highest BCUT2D eigenvalue weighted by Gasteiger charge is 2.64. The second-order valence-corrected chi connectivity index (χ2v) is 4.53. The minimum atomic E-state index is -0.720. The molecule has 0 spiro atoms. The van der Waals surface area contributed by atoms with Gasteiger partial charge in [0.15, 0.2) is 0 Å². The van der Waals surface area contributed by atoms with Crippen molar-refractivity contribution in [2.45, 2.75) is 26.7 Å². The van der Waals surface area contributed by atoms with Gasteiger partial charge in [0.05, 0.1) is 17.9 Å². The number of hydrogen-bond donors (Lipinski definition) is 2. The maximum Gasteiger partial charge on any atom is 0.307 e. The lowest BCUT2D eigenvalue weighted by Crippen LogP contribution is -2.03. The molecule has 0 unspecified atom stereocenters. The first-order chi connectivity index (χ1) is 6.46. The van der Waals surface area contributed by atoms with Crippen LogP contribution in [-0.2, 0) is 4.79 Å². The molecule has 0 radical (unpaired) electrons. The molecule has 0 aliphatic heterocycles. The Kier molecular flexibility index (Phi) is 1.71. The molecule has 1 aromatic rings. The SMILES string of the molecule is Cc1[nH]cnc1[C@H]1[C@H](C(=O)O)C1(C)C. The Bertz CT molecular complexity index is 381. The summed E-state index contributed by atoms with van der Waals surface area (Å²) in [5, 5.41) is 9.01. The summed E-state index contributed by atoms with van der Waals surface area (Å²) in [6.07, 6.45) is 1.62. The van der Waals surface area contributed by atoms with E-state index >= 15 is 0 Å². The topological polar surface area (TPSA) is 66.0 Å². The standard InChI is InChI=1S/C10H14N2O2/c1-5-8(12-4-11-5)6-7(9(13)14)10(6,2)3/h4,6-7H,1-3H3,(H,11,12)(H,13,14)/t6-,7-/m1/s1. The first-order valence-corrected chi connectivity index (χ1v) is 4.69. The summed E-state index contributed by atoms with van der Waals surface area (Å²) in [4.78, 5) is 18.1. The maximum atomic E-state index is 11.0. The normalized spacial score (nSPS) is 28.8. The van der Waals surface area contributed by atoms with Crippen molar-refractivity contribution in [2.24, 2.45) is 11.3 Å². The number of aromatic nitrogens is 2. The monoisotopic (exact) mass is 194 g/mol. The molecule has 0 saturated heterocycles. The number of aromatic amines is 1. The van der Waals surface area contributed by atoms with Gasteiger partial charge in [-0.15, -0.1) is 0 Å². The Labute approximate surface area is 82.4 Å². The van der Waals surface area contributed by atoms with Crippen molar-refractivity contribution in [3.05, 3.63) is 17.7 Å². The molecule has 2 N–H and O–H groups in total. The van der Waals surface area contributed by atoms with E-state index in [-0.39, 0.29) is 17.3 Å². The van der Waals surface area contributed by atoms with Crippen LogP contribution in [0.2, 0.25) is 0 Å². The number of aryl methyl sites for hydroxylation is 1. The zero-order valence-corrected chi connectivity index (χ0v) is 8.53. The van der Waals surface area contributed by atoms with Gasteiger partial charge in [-0.3, -0.25) is 4.79 Å². The minimum absolute atomic E-state index is 0.0613. The Morgan fingerprint density at radius 1 is 1.64 bits per heavy atom. The van der Waals surface area contributed by atoms with E-state index in [2.05, 4.69) is 9.97 Å². The van der Waals surface area contributed by atoms with Crippen LogP contribution in [0.4, 0.5) is 0 Å². The third-order valence-corrected chi connectivity index (χ3v) is 3.26. The summed E-state index contributed by atoms with van der Waals surface area (Å²) < 4.78 is 0. The van der Waals surface area contributed by atoms with Crippen LogP contribution in [0.1, 0.15) is 31.2 Å². The predicted molar refractivity (Wildman–Crippen MR) is 51.0 cm³/mol. The molecule has 2 atom stereocenters. The molecular weight excluding hydrogens is 180 g/mol. The van der Waals surface area contributed by atoms with Crippen molar-refractivity contribution in [3.63, 3.8) is 0 Å². The van der Waals surface area contributed by atoms with E-state index in [4.69, 9.17) is 5.11 Å².